The quantitative estimate of drug-likeness (QED) is 0.238. The molecule has 0 saturated carbocycles. The molecule has 7 heteroatoms. The highest BCUT2D eigenvalue weighted by Crippen LogP contribution is 2.33. The number of benzene rings is 3. The molecule has 2 heterocycles. The normalized spacial score (nSPS) is 12.5. The van der Waals surface area contributed by atoms with Gasteiger partial charge in [-0.2, -0.15) is 0 Å². The molecule has 0 saturated heterocycles. The molecule has 3 aromatic carbocycles. The van der Waals surface area contributed by atoms with E-state index >= 15 is 4.39 Å². The Morgan fingerprint density at radius 3 is 2.28 bits per heavy atom. The summed E-state index contributed by atoms with van der Waals surface area (Å²) in [4.78, 5) is 4.59. The first-order valence-electron chi connectivity index (χ1n) is 10.2. The third-order valence-electron chi connectivity index (χ3n) is 5.57. The number of hydrogen-bond acceptors (Lipinski definition) is 3. The minimum atomic E-state index is -1.09. The summed E-state index contributed by atoms with van der Waals surface area (Å²) in [5, 5.41) is 6.33. The summed E-state index contributed by atoms with van der Waals surface area (Å²) in [5.41, 5.74) is 2.87. The summed E-state index contributed by atoms with van der Waals surface area (Å²) in [6.45, 7) is 0.421. The lowest BCUT2D eigenvalue weighted by molar-refractivity contribution is 0.316. The standard InChI is InChI=1S/C25H20Br2FN3O/c1-32-19-5-6-22-15(10-19)2-9-25(30-22)29-13-18(28)14-31-23-7-3-16(26)11-20(23)21-12-17(27)4-8-24(21)31/h2-12,18H,13-14H2,1H3,(H,29,30)/t18-/m0/s1. The number of rotatable bonds is 6. The molecule has 2 aromatic heterocycles. The average molecular weight is 557 g/mol. The lowest BCUT2D eigenvalue weighted by Crippen LogP contribution is -2.21. The first-order chi connectivity index (χ1) is 15.5. The highest BCUT2D eigenvalue weighted by atomic mass is 79.9. The van der Waals surface area contributed by atoms with Gasteiger partial charge in [0, 0.05) is 42.7 Å². The number of hydrogen-bond donors (Lipinski definition) is 1. The fourth-order valence-corrected chi connectivity index (χ4v) is 4.77. The number of halogens is 3. The van der Waals surface area contributed by atoms with Gasteiger partial charge in [0.05, 0.1) is 19.2 Å². The van der Waals surface area contributed by atoms with Crippen LogP contribution >= 0.6 is 31.9 Å². The smallest absolute Gasteiger partial charge is 0.135 e. The Bertz CT molecular complexity index is 1390. The molecule has 0 aliphatic heterocycles. The molecule has 1 atom stereocenters. The van der Waals surface area contributed by atoms with E-state index in [0.717, 1.165) is 47.4 Å². The summed E-state index contributed by atoms with van der Waals surface area (Å²) < 4.78 is 24.4. The van der Waals surface area contributed by atoms with Gasteiger partial charge >= 0.3 is 0 Å². The van der Waals surface area contributed by atoms with Crippen LogP contribution in [0.15, 0.2) is 75.7 Å². The Hall–Kier alpha value is -2.64. The maximum Gasteiger partial charge on any atom is 0.135 e. The van der Waals surface area contributed by atoms with E-state index in [9.17, 15) is 0 Å². The zero-order valence-electron chi connectivity index (χ0n) is 17.3. The third-order valence-corrected chi connectivity index (χ3v) is 6.56. The molecule has 5 rings (SSSR count). The lowest BCUT2D eigenvalue weighted by Gasteiger charge is -2.14. The van der Waals surface area contributed by atoms with Crippen LogP contribution in [0.4, 0.5) is 10.2 Å². The first kappa shape index (κ1) is 21.2. The number of fused-ring (bicyclic) bond motifs is 4. The maximum atomic E-state index is 15.1. The molecule has 0 bridgehead atoms. The van der Waals surface area contributed by atoms with Crippen LogP contribution in [0.5, 0.6) is 5.75 Å². The zero-order chi connectivity index (χ0) is 22.2. The van der Waals surface area contributed by atoms with Gasteiger partial charge in [0.15, 0.2) is 0 Å². The van der Waals surface area contributed by atoms with Crippen LogP contribution in [0.2, 0.25) is 0 Å². The number of ether oxygens (including phenoxy) is 1. The molecular weight excluding hydrogens is 537 g/mol. The summed E-state index contributed by atoms with van der Waals surface area (Å²) in [5.74, 6) is 1.44. The van der Waals surface area contributed by atoms with Gasteiger partial charge in [-0.3, -0.25) is 0 Å². The van der Waals surface area contributed by atoms with Crippen LogP contribution in [-0.4, -0.2) is 29.4 Å². The van der Waals surface area contributed by atoms with E-state index in [0.29, 0.717) is 5.82 Å². The van der Waals surface area contributed by atoms with E-state index < -0.39 is 6.17 Å². The second kappa shape index (κ2) is 8.71. The van der Waals surface area contributed by atoms with Crippen molar-refractivity contribution in [2.24, 2.45) is 0 Å². The van der Waals surface area contributed by atoms with Gasteiger partial charge in [0.2, 0.25) is 0 Å². The monoisotopic (exact) mass is 555 g/mol. The molecule has 0 radical (unpaired) electrons. The number of aromatic nitrogens is 2. The van der Waals surface area contributed by atoms with Gasteiger partial charge in [-0.15, -0.1) is 0 Å². The van der Waals surface area contributed by atoms with Gasteiger partial charge in [-0.25, -0.2) is 9.37 Å². The number of anilines is 1. The molecule has 0 aliphatic rings. The minimum Gasteiger partial charge on any atom is -0.497 e. The van der Waals surface area contributed by atoms with Crippen molar-refractivity contribution in [1.82, 2.24) is 9.55 Å². The van der Waals surface area contributed by atoms with Crippen LogP contribution in [0, 0.1) is 0 Å². The van der Waals surface area contributed by atoms with Gasteiger partial charge in [-0.05, 0) is 66.7 Å². The van der Waals surface area contributed by atoms with Crippen molar-refractivity contribution in [2.45, 2.75) is 12.7 Å². The van der Waals surface area contributed by atoms with Crippen molar-refractivity contribution in [3.63, 3.8) is 0 Å². The molecule has 1 N–H and O–H groups in total. The minimum absolute atomic E-state index is 0.170. The number of pyridine rings is 1. The van der Waals surface area contributed by atoms with Crippen molar-refractivity contribution in [2.75, 3.05) is 19.0 Å². The second-order valence-corrected chi connectivity index (χ2v) is 9.50. The molecule has 4 nitrogen and oxygen atoms in total. The number of alkyl halides is 1. The SMILES string of the molecule is COc1ccc2nc(NC[C@H](F)Cn3c4ccc(Br)cc4c4cc(Br)ccc43)ccc2c1. The fraction of sp³-hybridized carbons (Fsp3) is 0.160. The third kappa shape index (κ3) is 4.07. The van der Waals surface area contributed by atoms with Crippen LogP contribution in [-0.2, 0) is 6.54 Å². The Labute approximate surface area is 201 Å². The summed E-state index contributed by atoms with van der Waals surface area (Å²) in [6.07, 6.45) is -1.09. The molecule has 32 heavy (non-hydrogen) atoms. The van der Waals surface area contributed by atoms with E-state index in [1.165, 1.54) is 0 Å². The van der Waals surface area contributed by atoms with E-state index in [-0.39, 0.29) is 13.1 Å². The van der Waals surface area contributed by atoms with Crippen LogP contribution in [0.25, 0.3) is 32.7 Å². The molecule has 0 aliphatic carbocycles. The molecule has 5 aromatic rings. The predicted octanol–water partition coefficient (Wildman–Crippen LogP) is 7.33. The van der Waals surface area contributed by atoms with Gasteiger partial charge < -0.3 is 14.6 Å². The van der Waals surface area contributed by atoms with E-state index in [1.54, 1.807) is 7.11 Å². The Balaban J connectivity index is 1.38. The summed E-state index contributed by atoms with van der Waals surface area (Å²) in [6, 6.07) is 21.8. The van der Waals surface area contributed by atoms with Crippen LogP contribution in [0.3, 0.4) is 0 Å². The second-order valence-electron chi connectivity index (χ2n) is 7.67. The lowest BCUT2D eigenvalue weighted by atomic mass is 10.2. The largest absolute Gasteiger partial charge is 0.497 e. The molecule has 0 unspecified atom stereocenters. The van der Waals surface area contributed by atoms with Crippen molar-refractivity contribution in [3.05, 3.63) is 75.7 Å². The summed E-state index contributed by atoms with van der Waals surface area (Å²) in [7, 11) is 1.64. The van der Waals surface area contributed by atoms with Gasteiger partial charge in [0.1, 0.15) is 17.7 Å². The number of nitrogens with one attached hydrogen (secondary N) is 1. The average Bonchev–Trinajstić information content (AvgIpc) is 3.09. The van der Waals surface area contributed by atoms with Crippen molar-refractivity contribution >= 4 is 70.4 Å². The van der Waals surface area contributed by atoms with Crippen molar-refractivity contribution in [1.29, 1.82) is 0 Å². The zero-order valence-corrected chi connectivity index (χ0v) is 20.5. The van der Waals surface area contributed by atoms with Crippen molar-refractivity contribution < 1.29 is 9.13 Å². The van der Waals surface area contributed by atoms with Gasteiger partial charge in [0.25, 0.3) is 0 Å². The van der Waals surface area contributed by atoms with Crippen LogP contribution < -0.4 is 10.1 Å². The fourth-order valence-electron chi connectivity index (χ4n) is 4.05. The Kier molecular flexibility index (Phi) is 5.78. The number of nitrogens with zero attached hydrogens (tertiary/aromatic N) is 2. The van der Waals surface area contributed by atoms with E-state index in [1.807, 2.05) is 54.6 Å². The van der Waals surface area contributed by atoms with Crippen LogP contribution in [0.1, 0.15) is 0 Å². The van der Waals surface area contributed by atoms with Gasteiger partial charge in [-0.1, -0.05) is 31.9 Å². The highest BCUT2D eigenvalue weighted by Gasteiger charge is 2.16. The first-order valence-corrected chi connectivity index (χ1v) is 11.8. The Morgan fingerprint density at radius 1 is 0.938 bits per heavy atom. The summed E-state index contributed by atoms with van der Waals surface area (Å²) >= 11 is 7.11. The molecule has 0 fully saturated rings. The van der Waals surface area contributed by atoms with Crippen molar-refractivity contribution in [3.8, 4) is 5.75 Å². The highest BCUT2D eigenvalue weighted by molar-refractivity contribution is 9.10. The molecule has 162 valence electrons. The Morgan fingerprint density at radius 2 is 1.62 bits per heavy atom. The maximum absolute atomic E-state index is 15.1. The molecular formula is C25H20Br2FN3O. The molecule has 0 amide bonds. The molecule has 0 spiro atoms. The topological polar surface area (TPSA) is 39.1 Å². The van der Waals surface area contributed by atoms with E-state index in [4.69, 9.17) is 4.74 Å². The van der Waals surface area contributed by atoms with E-state index in [2.05, 4.69) is 58.9 Å². The number of methoxy groups -OCH3 is 1. The predicted molar refractivity (Wildman–Crippen MR) is 137 cm³/mol.